The maximum absolute atomic E-state index is 12.1. The van der Waals surface area contributed by atoms with Crippen molar-refractivity contribution in [1.29, 1.82) is 0 Å². The Hall–Kier alpha value is -0.370. The molecule has 0 aromatic carbocycles. The van der Waals surface area contributed by atoms with Gasteiger partial charge in [-0.2, -0.15) is 0 Å². The molecule has 104 valence electrons. The van der Waals surface area contributed by atoms with Crippen LogP contribution in [-0.4, -0.2) is 16.5 Å². The summed E-state index contributed by atoms with van der Waals surface area (Å²) in [6.07, 6.45) is 8.86. The molecule has 1 N–H and O–H groups in total. The second kappa shape index (κ2) is 5.73. The monoisotopic (exact) mass is 252 g/mol. The molecule has 0 aromatic rings. The Balaban J connectivity index is 1.95. The molecular formula is C16H28O2. The molecule has 18 heavy (non-hydrogen) atoms. The summed E-state index contributed by atoms with van der Waals surface area (Å²) in [4.78, 5) is 12.1. The molecule has 2 nitrogen and oxygen atoms in total. The molecule has 2 saturated carbocycles. The van der Waals surface area contributed by atoms with Crippen LogP contribution in [0, 0.1) is 17.8 Å². The zero-order valence-corrected chi connectivity index (χ0v) is 12.0. The van der Waals surface area contributed by atoms with E-state index < -0.39 is 5.60 Å². The van der Waals surface area contributed by atoms with Crippen molar-refractivity contribution in [3.63, 3.8) is 0 Å². The van der Waals surface area contributed by atoms with Crippen molar-refractivity contribution in [2.75, 3.05) is 0 Å². The molecule has 0 aromatic heterocycles. The third-order valence-corrected chi connectivity index (χ3v) is 5.16. The Morgan fingerprint density at radius 1 is 1.28 bits per heavy atom. The van der Waals surface area contributed by atoms with E-state index >= 15 is 0 Å². The van der Waals surface area contributed by atoms with Crippen LogP contribution in [0.2, 0.25) is 0 Å². The van der Waals surface area contributed by atoms with Crippen LogP contribution in [-0.2, 0) is 4.79 Å². The summed E-state index contributed by atoms with van der Waals surface area (Å²) in [6.45, 7) is 4.51. The molecule has 2 rings (SSSR count). The molecule has 0 aliphatic heterocycles. The second-order valence-corrected chi connectivity index (χ2v) is 6.93. The van der Waals surface area contributed by atoms with Crippen LogP contribution >= 0.6 is 0 Å². The summed E-state index contributed by atoms with van der Waals surface area (Å²) in [6, 6.07) is 0. The van der Waals surface area contributed by atoms with Crippen molar-refractivity contribution < 1.29 is 9.90 Å². The van der Waals surface area contributed by atoms with Crippen LogP contribution in [0.25, 0.3) is 0 Å². The van der Waals surface area contributed by atoms with Crippen molar-refractivity contribution in [3.05, 3.63) is 0 Å². The zero-order valence-electron chi connectivity index (χ0n) is 12.0. The van der Waals surface area contributed by atoms with Gasteiger partial charge < -0.3 is 5.11 Å². The van der Waals surface area contributed by atoms with Gasteiger partial charge >= 0.3 is 0 Å². The number of hydrogen-bond acceptors (Lipinski definition) is 2. The highest BCUT2D eigenvalue weighted by Crippen LogP contribution is 2.39. The average Bonchev–Trinajstić information content (AvgIpc) is 2.32. The Bertz CT molecular complexity index is 289. The molecule has 2 unspecified atom stereocenters. The summed E-state index contributed by atoms with van der Waals surface area (Å²) < 4.78 is 0. The van der Waals surface area contributed by atoms with Gasteiger partial charge in [-0.05, 0) is 43.9 Å². The van der Waals surface area contributed by atoms with Crippen LogP contribution < -0.4 is 0 Å². The lowest BCUT2D eigenvalue weighted by Gasteiger charge is -2.38. The quantitative estimate of drug-likeness (QED) is 0.831. The molecule has 2 atom stereocenters. The van der Waals surface area contributed by atoms with Crippen LogP contribution in [0.5, 0.6) is 0 Å². The van der Waals surface area contributed by atoms with E-state index in [4.69, 9.17) is 0 Å². The Morgan fingerprint density at radius 3 is 2.56 bits per heavy atom. The highest BCUT2D eigenvalue weighted by Gasteiger charge is 2.37. The number of hydrogen-bond donors (Lipinski definition) is 1. The fraction of sp³-hybridized carbons (Fsp3) is 0.938. The average molecular weight is 252 g/mol. The minimum atomic E-state index is -0.530. The van der Waals surface area contributed by atoms with Crippen molar-refractivity contribution in [2.45, 2.75) is 77.2 Å². The van der Waals surface area contributed by atoms with E-state index in [0.717, 1.165) is 51.4 Å². The van der Waals surface area contributed by atoms with Gasteiger partial charge in [0.25, 0.3) is 0 Å². The highest BCUT2D eigenvalue weighted by atomic mass is 16.3. The third-order valence-electron chi connectivity index (χ3n) is 5.16. The van der Waals surface area contributed by atoms with E-state index in [1.807, 2.05) is 0 Å². The second-order valence-electron chi connectivity index (χ2n) is 6.93. The first-order chi connectivity index (χ1) is 8.50. The van der Waals surface area contributed by atoms with Crippen molar-refractivity contribution in [2.24, 2.45) is 17.8 Å². The number of rotatable bonds is 3. The van der Waals surface area contributed by atoms with Crippen LogP contribution in [0.15, 0.2) is 0 Å². The van der Waals surface area contributed by atoms with Gasteiger partial charge in [-0.25, -0.2) is 0 Å². The van der Waals surface area contributed by atoms with E-state index in [-0.39, 0.29) is 5.92 Å². The lowest BCUT2D eigenvalue weighted by atomic mass is 9.69. The number of carbonyl (C=O) groups is 1. The fourth-order valence-corrected chi connectivity index (χ4v) is 3.82. The minimum Gasteiger partial charge on any atom is -0.390 e. The summed E-state index contributed by atoms with van der Waals surface area (Å²) in [5.74, 6) is 1.89. The van der Waals surface area contributed by atoms with E-state index in [0.29, 0.717) is 17.6 Å². The first-order valence-electron chi connectivity index (χ1n) is 7.75. The number of Topliss-reactive ketones (excluding diaryl/α,β-unsaturated/α-hetero) is 1. The van der Waals surface area contributed by atoms with Gasteiger partial charge in [0.2, 0.25) is 0 Å². The molecule has 2 heteroatoms. The molecule has 0 saturated heterocycles. The van der Waals surface area contributed by atoms with Gasteiger partial charge in [0.05, 0.1) is 5.60 Å². The number of ketones is 1. The summed E-state index contributed by atoms with van der Waals surface area (Å²) in [5, 5.41) is 10.6. The van der Waals surface area contributed by atoms with Gasteiger partial charge in [0, 0.05) is 12.3 Å². The first-order valence-corrected chi connectivity index (χ1v) is 7.75. The van der Waals surface area contributed by atoms with Gasteiger partial charge in [-0.1, -0.05) is 33.1 Å². The molecule has 2 fully saturated rings. The largest absolute Gasteiger partial charge is 0.390 e. The molecule has 2 aliphatic rings. The van der Waals surface area contributed by atoms with Gasteiger partial charge in [-0.3, -0.25) is 4.79 Å². The van der Waals surface area contributed by atoms with Crippen LogP contribution in [0.1, 0.15) is 71.6 Å². The third kappa shape index (κ3) is 3.34. The maximum Gasteiger partial charge on any atom is 0.136 e. The lowest BCUT2D eigenvalue weighted by Crippen LogP contribution is -2.38. The zero-order chi connectivity index (χ0) is 13.2. The minimum absolute atomic E-state index is 0.134. The summed E-state index contributed by atoms with van der Waals surface area (Å²) in [7, 11) is 0. The molecule has 0 heterocycles. The molecule has 0 spiro atoms. The van der Waals surface area contributed by atoms with Crippen molar-refractivity contribution >= 4 is 5.78 Å². The SMILES string of the molecule is CC(C)C1CCC(=O)C(CC2(O)CCCCC2)C1. The van der Waals surface area contributed by atoms with Crippen molar-refractivity contribution in [3.8, 4) is 0 Å². The van der Waals surface area contributed by atoms with Gasteiger partial charge in [-0.15, -0.1) is 0 Å². The smallest absolute Gasteiger partial charge is 0.136 e. The predicted octanol–water partition coefficient (Wildman–Crippen LogP) is 3.71. The molecule has 0 bridgehead atoms. The predicted molar refractivity (Wildman–Crippen MR) is 73.3 cm³/mol. The molecule has 0 radical (unpaired) electrons. The number of aliphatic hydroxyl groups is 1. The van der Waals surface area contributed by atoms with Gasteiger partial charge in [0.15, 0.2) is 0 Å². The first kappa shape index (κ1) is 14.0. The van der Waals surface area contributed by atoms with Gasteiger partial charge in [0.1, 0.15) is 5.78 Å². The lowest BCUT2D eigenvalue weighted by molar-refractivity contribution is -0.129. The number of carbonyl (C=O) groups excluding carboxylic acids is 1. The fourth-order valence-electron chi connectivity index (χ4n) is 3.82. The normalized spacial score (nSPS) is 32.8. The van der Waals surface area contributed by atoms with E-state index in [1.165, 1.54) is 6.42 Å². The molecular weight excluding hydrogens is 224 g/mol. The maximum atomic E-state index is 12.1. The van der Waals surface area contributed by atoms with E-state index in [9.17, 15) is 9.90 Å². The van der Waals surface area contributed by atoms with E-state index in [2.05, 4.69) is 13.8 Å². The Kier molecular flexibility index (Phi) is 4.47. The Morgan fingerprint density at radius 2 is 1.94 bits per heavy atom. The van der Waals surface area contributed by atoms with Crippen LogP contribution in [0.4, 0.5) is 0 Å². The van der Waals surface area contributed by atoms with E-state index in [1.54, 1.807) is 0 Å². The molecule has 2 aliphatic carbocycles. The van der Waals surface area contributed by atoms with Crippen molar-refractivity contribution in [1.82, 2.24) is 0 Å². The molecule has 0 amide bonds. The summed E-state index contributed by atoms with van der Waals surface area (Å²) in [5.41, 5.74) is -0.530. The van der Waals surface area contributed by atoms with Crippen LogP contribution in [0.3, 0.4) is 0 Å². The summed E-state index contributed by atoms with van der Waals surface area (Å²) >= 11 is 0. The standard InChI is InChI=1S/C16H28O2/c1-12(2)13-6-7-15(17)14(10-13)11-16(18)8-4-3-5-9-16/h12-14,18H,3-11H2,1-2H3. The highest BCUT2D eigenvalue weighted by molar-refractivity contribution is 5.81. The topological polar surface area (TPSA) is 37.3 Å². The Labute approximate surface area is 111 Å².